The van der Waals surface area contributed by atoms with Crippen LogP contribution in [0, 0.1) is 5.92 Å². The van der Waals surface area contributed by atoms with Gasteiger partial charge in [-0.25, -0.2) is 0 Å². The van der Waals surface area contributed by atoms with Crippen LogP contribution in [0.1, 0.15) is 58.3 Å². The van der Waals surface area contributed by atoms with Gasteiger partial charge in [0.2, 0.25) is 5.91 Å². The molecule has 0 aromatic carbocycles. The van der Waals surface area contributed by atoms with E-state index >= 15 is 0 Å². The number of nitrogens with zero attached hydrogens (tertiary/aromatic N) is 1. The number of likely N-dealkylation sites (tertiary alicyclic amines) is 1. The molecule has 1 aliphatic carbocycles. The highest BCUT2D eigenvalue weighted by molar-refractivity contribution is 6.00. The topological polar surface area (TPSA) is 37.4 Å². The zero-order chi connectivity index (χ0) is 12.3. The van der Waals surface area contributed by atoms with Crippen LogP contribution in [0.25, 0.3) is 0 Å². The first-order valence-corrected chi connectivity index (χ1v) is 7.03. The third kappa shape index (κ3) is 2.88. The number of ketones is 1. The third-order valence-electron chi connectivity index (χ3n) is 4.31. The highest BCUT2D eigenvalue weighted by Gasteiger charge is 2.33. The molecule has 1 saturated carbocycles. The van der Waals surface area contributed by atoms with Crippen molar-refractivity contribution in [2.24, 2.45) is 5.92 Å². The number of rotatable bonds is 3. The van der Waals surface area contributed by atoms with Crippen molar-refractivity contribution in [2.45, 2.75) is 64.3 Å². The Kier molecular flexibility index (Phi) is 4.19. The van der Waals surface area contributed by atoms with Crippen LogP contribution >= 0.6 is 0 Å². The van der Waals surface area contributed by atoms with Crippen LogP contribution in [0.4, 0.5) is 0 Å². The molecule has 3 heteroatoms. The Hall–Kier alpha value is -0.860. The first kappa shape index (κ1) is 12.6. The minimum atomic E-state index is 0.0682. The molecule has 2 aliphatic rings. The van der Waals surface area contributed by atoms with Crippen LogP contribution in [-0.2, 0) is 9.59 Å². The van der Waals surface area contributed by atoms with E-state index in [9.17, 15) is 9.59 Å². The number of amides is 1. The molecule has 2 fully saturated rings. The standard InChI is InChI=1S/C14H23NO2/c1-2-13(11-6-4-3-5-7-11)15-9-8-12(16)10-14(15)17/h11,13H,2-10H2,1H3. The van der Waals surface area contributed by atoms with Crippen molar-refractivity contribution in [2.75, 3.05) is 6.54 Å². The molecule has 0 spiro atoms. The summed E-state index contributed by atoms with van der Waals surface area (Å²) in [6.07, 6.45) is 8.22. The van der Waals surface area contributed by atoms with E-state index in [2.05, 4.69) is 6.92 Å². The lowest BCUT2D eigenvalue weighted by Crippen LogP contribution is -2.48. The van der Waals surface area contributed by atoms with Gasteiger partial charge in [-0.05, 0) is 25.2 Å². The minimum absolute atomic E-state index is 0.0682. The lowest BCUT2D eigenvalue weighted by molar-refractivity contribution is -0.142. The van der Waals surface area contributed by atoms with Crippen LogP contribution in [0.3, 0.4) is 0 Å². The first-order chi connectivity index (χ1) is 8.22. The second-order valence-electron chi connectivity index (χ2n) is 5.43. The SMILES string of the molecule is CCC(C1CCCCC1)N1CCC(=O)CC1=O. The highest BCUT2D eigenvalue weighted by atomic mass is 16.2. The number of hydrogen-bond acceptors (Lipinski definition) is 2. The van der Waals surface area contributed by atoms with Crippen molar-refractivity contribution in [3.05, 3.63) is 0 Å². The molecule has 1 atom stereocenters. The largest absolute Gasteiger partial charge is 0.339 e. The second-order valence-corrected chi connectivity index (χ2v) is 5.43. The van der Waals surface area contributed by atoms with Crippen molar-refractivity contribution < 1.29 is 9.59 Å². The Balaban J connectivity index is 2.01. The van der Waals surface area contributed by atoms with Gasteiger partial charge >= 0.3 is 0 Å². The van der Waals surface area contributed by atoms with Gasteiger partial charge in [-0.2, -0.15) is 0 Å². The maximum absolute atomic E-state index is 12.0. The molecule has 1 unspecified atom stereocenters. The number of piperidine rings is 1. The monoisotopic (exact) mass is 237 g/mol. The van der Waals surface area contributed by atoms with Gasteiger partial charge in [-0.3, -0.25) is 9.59 Å². The van der Waals surface area contributed by atoms with Crippen molar-refractivity contribution >= 4 is 11.7 Å². The quantitative estimate of drug-likeness (QED) is 0.707. The molecule has 0 N–H and O–H groups in total. The molecule has 96 valence electrons. The summed E-state index contributed by atoms with van der Waals surface area (Å²) in [5.74, 6) is 0.856. The molecule has 3 nitrogen and oxygen atoms in total. The van der Waals surface area contributed by atoms with E-state index in [1.165, 1.54) is 32.1 Å². The maximum Gasteiger partial charge on any atom is 0.230 e. The van der Waals surface area contributed by atoms with Crippen molar-refractivity contribution in [3.63, 3.8) is 0 Å². The molecule has 1 saturated heterocycles. The van der Waals surface area contributed by atoms with E-state index in [4.69, 9.17) is 0 Å². The molecule has 17 heavy (non-hydrogen) atoms. The van der Waals surface area contributed by atoms with Gasteiger partial charge in [0.1, 0.15) is 5.78 Å². The van der Waals surface area contributed by atoms with Gasteiger partial charge < -0.3 is 4.90 Å². The zero-order valence-electron chi connectivity index (χ0n) is 10.8. The van der Waals surface area contributed by atoms with E-state index < -0.39 is 0 Å². The van der Waals surface area contributed by atoms with Crippen LogP contribution in [0.2, 0.25) is 0 Å². The fourth-order valence-corrected chi connectivity index (χ4v) is 3.41. The fraction of sp³-hybridized carbons (Fsp3) is 0.857. The molecular weight excluding hydrogens is 214 g/mol. The molecule has 1 aliphatic heterocycles. The summed E-state index contributed by atoms with van der Waals surface area (Å²) in [6, 6.07) is 0.385. The average Bonchev–Trinajstić information content (AvgIpc) is 2.34. The molecule has 0 aromatic heterocycles. The van der Waals surface area contributed by atoms with E-state index in [0.717, 1.165) is 6.42 Å². The summed E-state index contributed by atoms with van der Waals surface area (Å²) in [4.78, 5) is 25.2. The Bertz CT molecular complexity index is 295. The molecule has 0 bridgehead atoms. The number of carbonyl (C=O) groups is 2. The summed E-state index contributed by atoms with van der Waals surface area (Å²) in [5.41, 5.74) is 0. The van der Waals surface area contributed by atoms with Gasteiger partial charge in [-0.15, -0.1) is 0 Å². The molecule has 2 rings (SSSR count). The van der Waals surface area contributed by atoms with Gasteiger partial charge in [0.05, 0.1) is 6.42 Å². The van der Waals surface area contributed by atoms with Crippen LogP contribution in [-0.4, -0.2) is 29.2 Å². The molecular formula is C14H23NO2. The zero-order valence-corrected chi connectivity index (χ0v) is 10.8. The maximum atomic E-state index is 12.0. The average molecular weight is 237 g/mol. The summed E-state index contributed by atoms with van der Waals surface area (Å²) >= 11 is 0. The lowest BCUT2D eigenvalue weighted by atomic mass is 9.81. The number of carbonyl (C=O) groups excluding carboxylic acids is 2. The Morgan fingerprint density at radius 1 is 1.24 bits per heavy atom. The second kappa shape index (κ2) is 5.65. The van der Waals surface area contributed by atoms with Crippen LogP contribution < -0.4 is 0 Å². The highest BCUT2D eigenvalue weighted by Crippen LogP contribution is 2.31. The van der Waals surface area contributed by atoms with Gasteiger partial charge in [-0.1, -0.05) is 26.2 Å². The predicted octanol–water partition coefficient (Wildman–Crippen LogP) is 2.54. The Morgan fingerprint density at radius 2 is 1.94 bits per heavy atom. The Morgan fingerprint density at radius 3 is 2.53 bits per heavy atom. The lowest BCUT2D eigenvalue weighted by Gasteiger charge is -2.40. The van der Waals surface area contributed by atoms with Crippen LogP contribution in [0.15, 0.2) is 0 Å². The molecule has 1 heterocycles. The molecule has 0 aromatic rings. The van der Waals surface area contributed by atoms with E-state index in [0.29, 0.717) is 24.9 Å². The molecule has 0 radical (unpaired) electrons. The van der Waals surface area contributed by atoms with E-state index in [1.54, 1.807) is 0 Å². The first-order valence-electron chi connectivity index (χ1n) is 7.03. The number of hydrogen-bond donors (Lipinski definition) is 0. The van der Waals surface area contributed by atoms with Crippen LogP contribution in [0.5, 0.6) is 0 Å². The summed E-state index contributed by atoms with van der Waals surface area (Å²) in [5, 5.41) is 0. The van der Waals surface area contributed by atoms with Crippen molar-refractivity contribution in [1.29, 1.82) is 0 Å². The number of Topliss-reactive ketones (excluding diaryl/α,β-unsaturated/α-hetero) is 1. The van der Waals surface area contributed by atoms with E-state index in [-0.39, 0.29) is 18.1 Å². The molecule has 1 amide bonds. The summed E-state index contributed by atoms with van der Waals surface area (Å²) in [7, 11) is 0. The van der Waals surface area contributed by atoms with E-state index in [1.807, 2.05) is 4.90 Å². The van der Waals surface area contributed by atoms with Gasteiger partial charge in [0, 0.05) is 19.0 Å². The third-order valence-corrected chi connectivity index (χ3v) is 4.31. The summed E-state index contributed by atoms with van der Waals surface area (Å²) < 4.78 is 0. The van der Waals surface area contributed by atoms with Crippen molar-refractivity contribution in [1.82, 2.24) is 4.90 Å². The van der Waals surface area contributed by atoms with Crippen molar-refractivity contribution in [3.8, 4) is 0 Å². The van der Waals surface area contributed by atoms with Gasteiger partial charge in [0.15, 0.2) is 0 Å². The van der Waals surface area contributed by atoms with Gasteiger partial charge in [0.25, 0.3) is 0 Å². The normalized spacial score (nSPS) is 25.1. The minimum Gasteiger partial charge on any atom is -0.339 e. The summed E-state index contributed by atoms with van der Waals surface area (Å²) in [6.45, 7) is 2.83. The Labute approximate surface area is 104 Å². The smallest absolute Gasteiger partial charge is 0.230 e. The fourth-order valence-electron chi connectivity index (χ4n) is 3.41. The predicted molar refractivity (Wildman–Crippen MR) is 66.6 cm³/mol.